The van der Waals surface area contributed by atoms with Crippen LogP contribution in [-0.2, 0) is 27.7 Å². The lowest BCUT2D eigenvalue weighted by Gasteiger charge is -2.27. The molecule has 0 aliphatic carbocycles. The summed E-state index contributed by atoms with van der Waals surface area (Å²) in [5.41, 5.74) is 9.20. The van der Waals surface area contributed by atoms with E-state index in [1.165, 1.54) is 9.13 Å². The van der Waals surface area contributed by atoms with Crippen LogP contribution in [0.4, 0.5) is 20.5 Å². The summed E-state index contributed by atoms with van der Waals surface area (Å²) >= 11 is 8.11. The molecule has 2 aliphatic rings. The molecule has 0 spiro atoms. The summed E-state index contributed by atoms with van der Waals surface area (Å²) in [6.07, 6.45) is -4.20. The van der Waals surface area contributed by atoms with Crippen molar-refractivity contribution in [2.45, 2.75) is 55.4 Å². The fraction of sp³-hybridized carbons (Fsp3) is 0.500. The van der Waals surface area contributed by atoms with Gasteiger partial charge in [-0.2, -0.15) is 4.98 Å². The second-order valence-corrected chi connectivity index (χ2v) is 15.8. The van der Waals surface area contributed by atoms with Crippen molar-refractivity contribution in [3.8, 4) is 0 Å². The number of aliphatic hydroxyl groups is 1. The molecule has 6 N–H and O–H groups in total. The number of anilines is 2. The largest absolute Gasteiger partial charge is 0.396 e. The van der Waals surface area contributed by atoms with Gasteiger partial charge < -0.3 is 39.7 Å². The zero-order valence-corrected chi connectivity index (χ0v) is 26.5. The smallest absolute Gasteiger partial charge is 0.280 e. The molecule has 6 rings (SSSR count). The van der Waals surface area contributed by atoms with Crippen molar-refractivity contribution >= 4 is 72.3 Å². The molecule has 0 saturated carbocycles. The number of alkyl halides is 1. The lowest BCUT2D eigenvalue weighted by atomic mass is 10.1. The highest BCUT2D eigenvalue weighted by Gasteiger charge is 2.55. The van der Waals surface area contributed by atoms with Crippen LogP contribution < -0.4 is 17.0 Å². The van der Waals surface area contributed by atoms with Crippen LogP contribution in [0.15, 0.2) is 23.6 Å². The van der Waals surface area contributed by atoms with Crippen molar-refractivity contribution in [1.82, 2.24) is 34.1 Å². The Morgan fingerprint density at radius 1 is 1.22 bits per heavy atom. The zero-order valence-electron chi connectivity index (χ0n) is 22.8. The maximum absolute atomic E-state index is 15.9. The lowest BCUT2D eigenvalue weighted by molar-refractivity contribution is -0.0330. The third-order valence-corrected chi connectivity index (χ3v) is 11.3. The molecular formula is C22H27F2N9O8P2S2. The lowest BCUT2D eigenvalue weighted by Crippen LogP contribution is -2.31. The standard InChI is InChI=1S/C22H27F2N9O8P2S2/c23-8-4-32(18-13(8)17(25)27-6-28-18)12-3-10(41-42(36)44)11(39-12)5-38-43(37,45)16-14(24)9(1-2-34)40-21(16)33-7-29-15-19(33)30-22(26)31-20(15)35/h4,6-7,9-12,14,16,21,34,42H,1-3,5H2,(H,36,44)(H,37,45)(H2,25,27,28)(H3,26,30,31,35)/t9-,10+,11-,12-,14-,16-,21-,43?/m1/s1. The Kier molecular flexibility index (Phi) is 9.01. The van der Waals surface area contributed by atoms with Gasteiger partial charge in [0.15, 0.2) is 28.9 Å². The summed E-state index contributed by atoms with van der Waals surface area (Å²) in [5.74, 6) is -1.03. The molecular weight excluding hydrogens is 682 g/mol. The summed E-state index contributed by atoms with van der Waals surface area (Å²) in [7, 11) is -2.82. The van der Waals surface area contributed by atoms with Gasteiger partial charge in [-0.05, 0) is 6.42 Å². The summed E-state index contributed by atoms with van der Waals surface area (Å²) in [6.45, 7) is -5.25. The number of H-pyrrole nitrogens is 1. The van der Waals surface area contributed by atoms with Crippen LogP contribution in [0.2, 0.25) is 0 Å². The zero-order chi connectivity index (χ0) is 32.2. The maximum Gasteiger partial charge on any atom is 0.280 e. The molecule has 2 fully saturated rings. The van der Waals surface area contributed by atoms with E-state index in [1.807, 2.05) is 0 Å². The van der Waals surface area contributed by atoms with E-state index >= 15 is 4.39 Å². The third kappa shape index (κ3) is 6.01. The Bertz CT molecular complexity index is 1880. The minimum Gasteiger partial charge on any atom is -0.396 e. The van der Waals surface area contributed by atoms with E-state index in [4.69, 9.17) is 30.0 Å². The number of hydrogen-bond acceptors (Lipinski definition) is 14. The molecule has 4 aromatic rings. The number of ether oxygens (including phenoxy) is 2. The third-order valence-electron chi connectivity index (χ3n) is 7.56. The highest BCUT2D eigenvalue weighted by Crippen LogP contribution is 2.64. The Morgan fingerprint density at radius 2 is 2.00 bits per heavy atom. The Morgan fingerprint density at radius 3 is 2.73 bits per heavy atom. The second kappa shape index (κ2) is 12.5. The van der Waals surface area contributed by atoms with Crippen molar-refractivity contribution < 1.29 is 41.5 Å². The van der Waals surface area contributed by atoms with Gasteiger partial charge in [-0.1, -0.05) is 24.5 Å². The summed E-state index contributed by atoms with van der Waals surface area (Å²) in [4.78, 5) is 30.6. The van der Waals surface area contributed by atoms with Crippen LogP contribution in [0.5, 0.6) is 0 Å². The van der Waals surface area contributed by atoms with Gasteiger partial charge in [0.05, 0.1) is 30.5 Å². The predicted molar refractivity (Wildman–Crippen MR) is 163 cm³/mol. The molecule has 45 heavy (non-hydrogen) atoms. The number of thiol groups is 2. The van der Waals surface area contributed by atoms with Gasteiger partial charge in [-0.3, -0.25) is 23.5 Å². The quantitative estimate of drug-likeness (QED) is 0.102. The van der Waals surface area contributed by atoms with E-state index in [0.29, 0.717) is 0 Å². The monoisotopic (exact) mass is 709 g/mol. The molecule has 17 nitrogen and oxygen atoms in total. The number of nitrogens with zero attached hydrogens (tertiary/aromatic N) is 6. The number of aromatic nitrogens is 7. The van der Waals surface area contributed by atoms with Crippen LogP contribution in [0.3, 0.4) is 0 Å². The minimum atomic E-state index is -4.31. The van der Waals surface area contributed by atoms with Gasteiger partial charge in [0.1, 0.15) is 36.3 Å². The van der Waals surface area contributed by atoms with Gasteiger partial charge in [0.2, 0.25) is 13.2 Å². The molecule has 4 aromatic heterocycles. The maximum atomic E-state index is 15.9. The van der Waals surface area contributed by atoms with Gasteiger partial charge in [-0.15, -0.1) is 0 Å². The molecule has 2 saturated heterocycles. The number of aromatic amines is 1. The predicted octanol–water partition coefficient (Wildman–Crippen LogP) is 1.99. The van der Waals surface area contributed by atoms with Crippen molar-refractivity contribution in [3.05, 3.63) is 35.0 Å². The summed E-state index contributed by atoms with van der Waals surface area (Å²) in [5, 5.41) is 9.46. The van der Waals surface area contributed by atoms with Gasteiger partial charge in [0.25, 0.3) is 12.1 Å². The second-order valence-electron chi connectivity index (χ2n) is 10.3. The average Bonchev–Trinajstić information content (AvgIpc) is 3.72. The van der Waals surface area contributed by atoms with E-state index in [-0.39, 0.29) is 46.8 Å². The number of hydrogen-bond donors (Lipinski definition) is 6. The first-order chi connectivity index (χ1) is 21.4. The van der Waals surface area contributed by atoms with Gasteiger partial charge >= 0.3 is 0 Å². The summed E-state index contributed by atoms with van der Waals surface area (Å²) in [6, 6.07) is 0. The first kappa shape index (κ1) is 32.3. The molecule has 6 heterocycles. The van der Waals surface area contributed by atoms with E-state index in [9.17, 15) is 23.4 Å². The van der Waals surface area contributed by atoms with E-state index in [0.717, 1.165) is 18.9 Å². The number of rotatable bonds is 10. The van der Waals surface area contributed by atoms with Crippen LogP contribution in [0.1, 0.15) is 25.3 Å². The molecule has 2 aliphatic heterocycles. The molecule has 0 aromatic carbocycles. The van der Waals surface area contributed by atoms with Crippen LogP contribution >= 0.6 is 38.3 Å². The number of aliphatic hydroxyl groups excluding tert-OH is 1. The average molecular weight is 710 g/mol. The van der Waals surface area contributed by atoms with Crippen molar-refractivity contribution in [1.29, 1.82) is 0 Å². The first-order valence-electron chi connectivity index (χ1n) is 13.3. The normalized spacial score (nSPS) is 29.0. The Balaban J connectivity index is 1.28. The fourth-order valence-corrected chi connectivity index (χ4v) is 9.05. The Hall–Kier alpha value is -2.61. The molecule has 2 unspecified atom stereocenters. The number of halogens is 2. The van der Waals surface area contributed by atoms with E-state index in [2.05, 4.69) is 49.4 Å². The molecule has 0 amide bonds. The molecule has 9 atom stereocenters. The van der Waals surface area contributed by atoms with E-state index in [1.54, 1.807) is 0 Å². The number of nitrogen functional groups attached to an aromatic ring is 2. The SMILES string of the molecule is Nc1nc2c(ncn2[C@@H]2O[C@H](CCO)[C@@H](F)[C@H]2P(=O)(S)OC[C@H]2O[C@@H](n3cc(F)c4c(N)ncnc43)C[C@@H]2O[PH](=O)S)c(=O)[nH]1. The number of imidazole rings is 1. The molecule has 23 heteroatoms. The molecule has 0 radical (unpaired) electrons. The van der Waals surface area contributed by atoms with Crippen LogP contribution in [-0.4, -0.2) is 82.5 Å². The topological polar surface area (TPSA) is 238 Å². The van der Waals surface area contributed by atoms with Crippen molar-refractivity contribution in [2.75, 3.05) is 24.7 Å². The van der Waals surface area contributed by atoms with Crippen LogP contribution in [0, 0.1) is 5.82 Å². The molecule has 0 bridgehead atoms. The molecule has 244 valence electrons. The van der Waals surface area contributed by atoms with E-state index < -0.39 is 81.0 Å². The van der Waals surface area contributed by atoms with Gasteiger partial charge in [-0.25, -0.2) is 23.7 Å². The van der Waals surface area contributed by atoms with Gasteiger partial charge in [0, 0.05) is 19.2 Å². The minimum absolute atomic E-state index is 0.0233. The van der Waals surface area contributed by atoms with Crippen molar-refractivity contribution in [3.63, 3.8) is 0 Å². The number of fused-ring (bicyclic) bond motifs is 2. The number of nitrogens with one attached hydrogen (secondary N) is 1. The Labute approximate surface area is 262 Å². The summed E-state index contributed by atoms with van der Waals surface area (Å²) < 4.78 is 82.3. The van der Waals surface area contributed by atoms with Crippen LogP contribution in [0.25, 0.3) is 22.2 Å². The first-order valence-corrected chi connectivity index (χ1v) is 18.8. The van der Waals surface area contributed by atoms with Crippen molar-refractivity contribution in [2.24, 2.45) is 0 Å². The fourth-order valence-electron chi connectivity index (χ4n) is 5.59. The highest BCUT2D eigenvalue weighted by atomic mass is 32.7. The number of nitrogens with two attached hydrogens (primary N) is 2. The highest BCUT2D eigenvalue weighted by molar-refractivity contribution is 8.46.